The second-order valence-corrected chi connectivity index (χ2v) is 3.75. The standard InChI is InChI=1S/C6H11NO2S2/c1-4(2)9-6(10)11-3-5(7)8/h4H,3H2,1-2H3,(H2,7,8). The van der Waals surface area contributed by atoms with Crippen LogP contribution < -0.4 is 5.73 Å². The number of primary amides is 1. The van der Waals surface area contributed by atoms with E-state index >= 15 is 0 Å². The van der Waals surface area contributed by atoms with E-state index in [0.29, 0.717) is 4.38 Å². The molecule has 3 nitrogen and oxygen atoms in total. The fraction of sp³-hybridized carbons (Fsp3) is 0.667. The molecule has 5 heteroatoms. The number of carbonyl (C=O) groups is 1. The van der Waals surface area contributed by atoms with Crippen LogP contribution in [0.5, 0.6) is 0 Å². The lowest BCUT2D eigenvalue weighted by atomic mass is 10.5. The van der Waals surface area contributed by atoms with Crippen LogP contribution in [-0.4, -0.2) is 22.1 Å². The van der Waals surface area contributed by atoms with Crippen LogP contribution in [0.4, 0.5) is 0 Å². The summed E-state index contributed by atoms with van der Waals surface area (Å²) in [4.78, 5) is 10.3. The maximum absolute atomic E-state index is 10.3. The minimum absolute atomic E-state index is 0.0582. The predicted octanol–water partition coefficient (Wildman–Crippen LogP) is 0.915. The first-order chi connectivity index (χ1) is 5.02. The van der Waals surface area contributed by atoms with Crippen molar-refractivity contribution in [2.24, 2.45) is 5.73 Å². The van der Waals surface area contributed by atoms with Crippen LogP contribution in [0.3, 0.4) is 0 Å². The van der Waals surface area contributed by atoms with Crippen molar-refractivity contribution >= 4 is 34.3 Å². The van der Waals surface area contributed by atoms with Gasteiger partial charge in [0, 0.05) is 0 Å². The van der Waals surface area contributed by atoms with Crippen molar-refractivity contribution in [3.63, 3.8) is 0 Å². The van der Waals surface area contributed by atoms with E-state index in [1.807, 2.05) is 13.8 Å². The van der Waals surface area contributed by atoms with Crippen molar-refractivity contribution in [3.05, 3.63) is 0 Å². The lowest BCUT2D eigenvalue weighted by Crippen LogP contribution is -2.16. The van der Waals surface area contributed by atoms with Crippen LogP contribution in [0.15, 0.2) is 0 Å². The Bertz CT molecular complexity index is 159. The van der Waals surface area contributed by atoms with Gasteiger partial charge in [-0.3, -0.25) is 4.79 Å². The van der Waals surface area contributed by atoms with E-state index in [2.05, 4.69) is 0 Å². The van der Waals surface area contributed by atoms with E-state index in [1.165, 1.54) is 0 Å². The van der Waals surface area contributed by atoms with Crippen LogP contribution in [0.25, 0.3) is 0 Å². The topological polar surface area (TPSA) is 52.3 Å². The maximum atomic E-state index is 10.3. The predicted molar refractivity (Wildman–Crippen MR) is 50.5 cm³/mol. The van der Waals surface area contributed by atoms with Crippen molar-refractivity contribution in [1.82, 2.24) is 0 Å². The molecule has 0 aliphatic rings. The van der Waals surface area contributed by atoms with E-state index in [1.54, 1.807) is 0 Å². The summed E-state index contributed by atoms with van der Waals surface area (Å²) in [5.74, 6) is -0.198. The lowest BCUT2D eigenvalue weighted by molar-refractivity contribution is -0.115. The Kier molecular flexibility index (Phi) is 5.23. The van der Waals surface area contributed by atoms with Gasteiger partial charge in [0.15, 0.2) is 0 Å². The van der Waals surface area contributed by atoms with E-state index in [9.17, 15) is 4.79 Å². The Morgan fingerprint density at radius 2 is 2.27 bits per heavy atom. The van der Waals surface area contributed by atoms with Gasteiger partial charge < -0.3 is 10.5 Å². The second kappa shape index (κ2) is 5.37. The summed E-state index contributed by atoms with van der Waals surface area (Å²) in [6.07, 6.45) is 0.0582. The summed E-state index contributed by atoms with van der Waals surface area (Å²) < 4.78 is 5.46. The smallest absolute Gasteiger partial charge is 0.227 e. The summed E-state index contributed by atoms with van der Waals surface area (Å²) >= 11 is 5.93. The van der Waals surface area contributed by atoms with Gasteiger partial charge in [0.2, 0.25) is 10.3 Å². The normalized spacial score (nSPS) is 9.73. The molecule has 0 aliphatic heterocycles. The number of nitrogens with two attached hydrogens (primary N) is 1. The average Bonchev–Trinajstić information content (AvgIpc) is 1.82. The van der Waals surface area contributed by atoms with Gasteiger partial charge in [-0.2, -0.15) is 0 Å². The SMILES string of the molecule is CC(C)OC(=S)SCC(N)=O. The molecule has 0 atom stereocenters. The molecule has 11 heavy (non-hydrogen) atoms. The van der Waals surface area contributed by atoms with E-state index in [4.69, 9.17) is 22.7 Å². The van der Waals surface area contributed by atoms with Crippen molar-refractivity contribution in [1.29, 1.82) is 0 Å². The maximum Gasteiger partial charge on any atom is 0.227 e. The Labute approximate surface area is 75.7 Å². The van der Waals surface area contributed by atoms with Gasteiger partial charge in [0.1, 0.15) is 0 Å². The number of thiocarbonyl (C=S) groups is 1. The van der Waals surface area contributed by atoms with Gasteiger partial charge in [-0.1, -0.05) is 11.8 Å². The van der Waals surface area contributed by atoms with Gasteiger partial charge in [0.25, 0.3) is 0 Å². The van der Waals surface area contributed by atoms with Crippen molar-refractivity contribution in [2.75, 3.05) is 5.75 Å². The minimum Gasteiger partial charge on any atom is -0.476 e. The molecule has 0 aromatic carbocycles. The van der Waals surface area contributed by atoms with Crippen molar-refractivity contribution < 1.29 is 9.53 Å². The average molecular weight is 193 g/mol. The molecule has 0 saturated heterocycles. The number of hydrogen-bond donors (Lipinski definition) is 1. The van der Waals surface area contributed by atoms with E-state index < -0.39 is 0 Å². The highest BCUT2D eigenvalue weighted by Crippen LogP contribution is 2.06. The molecule has 0 aromatic rings. The summed E-state index contributed by atoms with van der Waals surface area (Å²) in [6.45, 7) is 3.74. The Morgan fingerprint density at radius 1 is 1.73 bits per heavy atom. The van der Waals surface area contributed by atoms with Crippen LogP contribution in [0.2, 0.25) is 0 Å². The number of thioether (sulfide) groups is 1. The van der Waals surface area contributed by atoms with Crippen molar-refractivity contribution in [3.8, 4) is 0 Å². The van der Waals surface area contributed by atoms with Gasteiger partial charge in [-0.05, 0) is 26.1 Å². The third-order valence-electron chi connectivity index (χ3n) is 0.664. The quantitative estimate of drug-likeness (QED) is 0.677. The van der Waals surface area contributed by atoms with E-state index in [-0.39, 0.29) is 17.8 Å². The van der Waals surface area contributed by atoms with Crippen LogP contribution in [0.1, 0.15) is 13.8 Å². The zero-order valence-corrected chi connectivity index (χ0v) is 8.13. The lowest BCUT2D eigenvalue weighted by Gasteiger charge is -2.08. The number of ether oxygens (including phenoxy) is 1. The highest BCUT2D eigenvalue weighted by atomic mass is 32.2. The fourth-order valence-electron chi connectivity index (χ4n) is 0.357. The number of rotatable bonds is 3. The second-order valence-electron chi connectivity index (χ2n) is 2.17. The molecule has 1 amide bonds. The molecule has 0 aliphatic carbocycles. The zero-order valence-electron chi connectivity index (χ0n) is 6.49. The number of carbonyl (C=O) groups excluding carboxylic acids is 1. The molecule has 0 spiro atoms. The molecule has 64 valence electrons. The minimum atomic E-state index is -0.385. The van der Waals surface area contributed by atoms with Crippen LogP contribution in [-0.2, 0) is 9.53 Å². The Balaban J connectivity index is 3.45. The van der Waals surface area contributed by atoms with Crippen molar-refractivity contribution in [2.45, 2.75) is 20.0 Å². The summed E-state index contributed by atoms with van der Waals surface area (Å²) in [5, 5.41) is 0. The molecule has 0 saturated carbocycles. The summed E-state index contributed by atoms with van der Waals surface area (Å²) in [6, 6.07) is 0. The first-order valence-corrected chi connectivity index (χ1v) is 4.53. The molecule has 0 radical (unpaired) electrons. The summed E-state index contributed by atoms with van der Waals surface area (Å²) in [7, 11) is 0. The molecular weight excluding hydrogens is 182 g/mol. The highest BCUT2D eigenvalue weighted by Gasteiger charge is 2.03. The molecular formula is C6H11NO2S2. The van der Waals surface area contributed by atoms with Crippen LogP contribution >= 0.6 is 24.0 Å². The van der Waals surface area contributed by atoms with Gasteiger partial charge >= 0.3 is 0 Å². The fourth-order valence-corrected chi connectivity index (χ4v) is 1.25. The van der Waals surface area contributed by atoms with Gasteiger partial charge in [-0.15, -0.1) is 0 Å². The molecule has 0 rings (SSSR count). The molecule has 0 heterocycles. The molecule has 0 unspecified atom stereocenters. The zero-order chi connectivity index (χ0) is 8.85. The van der Waals surface area contributed by atoms with Gasteiger partial charge in [0.05, 0.1) is 11.9 Å². The molecule has 2 N–H and O–H groups in total. The van der Waals surface area contributed by atoms with Crippen LogP contribution in [0, 0.1) is 0 Å². The third-order valence-corrected chi connectivity index (χ3v) is 1.87. The number of hydrogen-bond acceptors (Lipinski definition) is 4. The molecule has 0 fully saturated rings. The number of amides is 1. The van der Waals surface area contributed by atoms with E-state index in [0.717, 1.165) is 11.8 Å². The highest BCUT2D eigenvalue weighted by molar-refractivity contribution is 8.23. The molecule has 0 aromatic heterocycles. The first-order valence-electron chi connectivity index (χ1n) is 3.14. The van der Waals surface area contributed by atoms with Gasteiger partial charge in [-0.25, -0.2) is 0 Å². The Hall–Kier alpha value is -0.290. The summed E-state index contributed by atoms with van der Waals surface area (Å²) in [5.41, 5.74) is 4.90. The monoisotopic (exact) mass is 193 g/mol. The largest absolute Gasteiger partial charge is 0.476 e. The Morgan fingerprint density at radius 3 is 2.64 bits per heavy atom. The first kappa shape index (κ1) is 10.7. The third kappa shape index (κ3) is 7.61. The molecule has 0 bridgehead atoms.